The van der Waals surface area contributed by atoms with E-state index in [1.165, 1.54) is 0 Å². The van der Waals surface area contributed by atoms with E-state index in [1.54, 1.807) is 0 Å². The fourth-order valence-electron chi connectivity index (χ4n) is 3.08. The second-order valence-electron chi connectivity index (χ2n) is 6.53. The van der Waals surface area contributed by atoms with Gasteiger partial charge in [0.2, 0.25) is 5.91 Å². The lowest BCUT2D eigenvalue weighted by Gasteiger charge is -2.21. The number of carbonyl (C=O) groups excluding carboxylic acids is 1. The van der Waals surface area contributed by atoms with Crippen LogP contribution in [-0.2, 0) is 4.79 Å². The second-order valence-corrected chi connectivity index (χ2v) is 6.53. The Balaban J connectivity index is 2.30. The van der Waals surface area contributed by atoms with Gasteiger partial charge in [-0.3, -0.25) is 4.79 Å². The fourth-order valence-corrected chi connectivity index (χ4v) is 3.08. The minimum Gasteiger partial charge on any atom is -0.391 e. The van der Waals surface area contributed by atoms with E-state index in [1.807, 2.05) is 0 Å². The molecule has 2 N–H and O–H groups in total. The van der Waals surface area contributed by atoms with E-state index in [0.717, 1.165) is 38.9 Å². The summed E-state index contributed by atoms with van der Waals surface area (Å²) in [6, 6.07) is 0. The largest absolute Gasteiger partial charge is 0.391 e. The first kappa shape index (κ1) is 17.4. The summed E-state index contributed by atoms with van der Waals surface area (Å²) < 4.78 is 0. The molecular formula is C16H32N2O2. The SMILES string of the molecule is CCC(CC)C(O)CNC(=O)C1CCN(CC(C)C)C1. The van der Waals surface area contributed by atoms with Crippen LogP contribution in [0.3, 0.4) is 0 Å². The Kier molecular flexibility index (Phi) is 7.52. The van der Waals surface area contributed by atoms with Gasteiger partial charge in [0.25, 0.3) is 0 Å². The highest BCUT2D eigenvalue weighted by atomic mass is 16.3. The van der Waals surface area contributed by atoms with Crippen molar-refractivity contribution >= 4 is 5.91 Å². The average Bonchev–Trinajstić information content (AvgIpc) is 2.85. The average molecular weight is 284 g/mol. The summed E-state index contributed by atoms with van der Waals surface area (Å²) >= 11 is 0. The van der Waals surface area contributed by atoms with E-state index in [0.29, 0.717) is 12.5 Å². The van der Waals surface area contributed by atoms with Crippen molar-refractivity contribution in [3.63, 3.8) is 0 Å². The van der Waals surface area contributed by atoms with Crippen molar-refractivity contribution in [1.82, 2.24) is 10.2 Å². The Morgan fingerprint density at radius 2 is 2.00 bits per heavy atom. The summed E-state index contributed by atoms with van der Waals surface area (Å²) in [5.41, 5.74) is 0. The molecule has 0 aromatic rings. The molecular weight excluding hydrogens is 252 g/mol. The Morgan fingerprint density at radius 3 is 2.55 bits per heavy atom. The molecule has 0 aromatic heterocycles. The van der Waals surface area contributed by atoms with Gasteiger partial charge >= 0.3 is 0 Å². The molecule has 1 aliphatic heterocycles. The van der Waals surface area contributed by atoms with Crippen LogP contribution in [0.4, 0.5) is 0 Å². The number of rotatable bonds is 8. The molecule has 4 heteroatoms. The lowest BCUT2D eigenvalue weighted by molar-refractivity contribution is -0.125. The summed E-state index contributed by atoms with van der Waals surface area (Å²) in [5.74, 6) is 1.15. The molecule has 118 valence electrons. The van der Waals surface area contributed by atoms with Gasteiger partial charge in [0, 0.05) is 19.6 Å². The van der Waals surface area contributed by atoms with Crippen molar-refractivity contribution in [3.8, 4) is 0 Å². The highest BCUT2D eigenvalue weighted by Crippen LogP contribution is 2.18. The Hall–Kier alpha value is -0.610. The summed E-state index contributed by atoms with van der Waals surface area (Å²) in [5, 5.41) is 13.0. The molecule has 0 bridgehead atoms. The minimum absolute atomic E-state index is 0.0997. The monoisotopic (exact) mass is 284 g/mol. The molecule has 2 unspecified atom stereocenters. The third-order valence-corrected chi connectivity index (χ3v) is 4.34. The van der Waals surface area contributed by atoms with Gasteiger partial charge in [-0.15, -0.1) is 0 Å². The number of likely N-dealkylation sites (tertiary alicyclic amines) is 1. The van der Waals surface area contributed by atoms with E-state index in [9.17, 15) is 9.90 Å². The van der Waals surface area contributed by atoms with Gasteiger partial charge in [-0.05, 0) is 24.8 Å². The van der Waals surface area contributed by atoms with Crippen molar-refractivity contribution in [3.05, 3.63) is 0 Å². The zero-order valence-electron chi connectivity index (χ0n) is 13.6. The van der Waals surface area contributed by atoms with Gasteiger partial charge in [0.1, 0.15) is 0 Å². The molecule has 4 nitrogen and oxygen atoms in total. The van der Waals surface area contributed by atoms with Crippen molar-refractivity contribution in [2.24, 2.45) is 17.8 Å². The molecule has 1 heterocycles. The van der Waals surface area contributed by atoms with E-state index >= 15 is 0 Å². The van der Waals surface area contributed by atoms with E-state index in [-0.39, 0.29) is 17.7 Å². The van der Waals surface area contributed by atoms with Crippen LogP contribution in [-0.4, -0.2) is 48.2 Å². The first-order chi connectivity index (χ1) is 9.47. The Morgan fingerprint density at radius 1 is 1.35 bits per heavy atom. The van der Waals surface area contributed by atoms with Crippen LogP contribution in [0.25, 0.3) is 0 Å². The number of carbonyl (C=O) groups is 1. The number of hydrogen-bond acceptors (Lipinski definition) is 3. The van der Waals surface area contributed by atoms with E-state index < -0.39 is 6.10 Å². The Labute approximate surface area is 123 Å². The van der Waals surface area contributed by atoms with Crippen LogP contribution in [0.15, 0.2) is 0 Å². The molecule has 0 spiro atoms. The summed E-state index contributed by atoms with van der Waals surface area (Å²) in [7, 11) is 0. The third kappa shape index (κ3) is 5.41. The van der Waals surface area contributed by atoms with Crippen molar-refractivity contribution in [2.45, 2.75) is 53.1 Å². The Bertz CT molecular complexity index is 290. The summed E-state index contributed by atoms with van der Waals surface area (Å²) in [6.45, 7) is 11.9. The van der Waals surface area contributed by atoms with Crippen LogP contribution in [0.2, 0.25) is 0 Å². The first-order valence-electron chi connectivity index (χ1n) is 8.15. The zero-order valence-corrected chi connectivity index (χ0v) is 13.6. The molecule has 1 fully saturated rings. The van der Waals surface area contributed by atoms with Crippen molar-refractivity contribution < 1.29 is 9.90 Å². The molecule has 1 rings (SSSR count). The molecule has 0 saturated carbocycles. The second kappa shape index (κ2) is 8.63. The number of nitrogens with one attached hydrogen (secondary N) is 1. The van der Waals surface area contributed by atoms with Gasteiger partial charge in [0.15, 0.2) is 0 Å². The van der Waals surface area contributed by atoms with Gasteiger partial charge in [-0.1, -0.05) is 40.5 Å². The molecule has 1 aliphatic rings. The summed E-state index contributed by atoms with van der Waals surface area (Å²) in [6.07, 6.45) is 2.44. The highest BCUT2D eigenvalue weighted by Gasteiger charge is 2.28. The van der Waals surface area contributed by atoms with Crippen LogP contribution in [0, 0.1) is 17.8 Å². The van der Waals surface area contributed by atoms with E-state index in [2.05, 4.69) is 37.9 Å². The number of amides is 1. The number of aliphatic hydroxyl groups excluding tert-OH is 1. The van der Waals surface area contributed by atoms with Crippen LogP contribution < -0.4 is 5.32 Å². The van der Waals surface area contributed by atoms with Gasteiger partial charge in [0.05, 0.1) is 12.0 Å². The van der Waals surface area contributed by atoms with Crippen molar-refractivity contribution in [1.29, 1.82) is 0 Å². The standard InChI is InChI=1S/C16H32N2O2/c1-5-13(6-2)15(19)9-17-16(20)14-7-8-18(11-14)10-12(3)4/h12-15,19H,5-11H2,1-4H3,(H,17,20). The van der Waals surface area contributed by atoms with Crippen LogP contribution >= 0.6 is 0 Å². The molecule has 0 aromatic carbocycles. The zero-order chi connectivity index (χ0) is 15.1. The van der Waals surface area contributed by atoms with Gasteiger partial charge in [-0.25, -0.2) is 0 Å². The predicted molar refractivity (Wildman–Crippen MR) is 82.5 cm³/mol. The quantitative estimate of drug-likeness (QED) is 0.715. The molecule has 0 aliphatic carbocycles. The van der Waals surface area contributed by atoms with Gasteiger partial charge in [-0.2, -0.15) is 0 Å². The number of aliphatic hydroxyl groups is 1. The lowest BCUT2D eigenvalue weighted by atomic mass is 9.96. The lowest BCUT2D eigenvalue weighted by Crippen LogP contribution is -2.40. The number of nitrogens with zero attached hydrogens (tertiary/aromatic N) is 1. The van der Waals surface area contributed by atoms with E-state index in [4.69, 9.17) is 0 Å². The van der Waals surface area contributed by atoms with Gasteiger partial charge < -0.3 is 15.3 Å². The highest BCUT2D eigenvalue weighted by molar-refractivity contribution is 5.79. The minimum atomic E-state index is -0.415. The summed E-state index contributed by atoms with van der Waals surface area (Å²) in [4.78, 5) is 14.5. The topological polar surface area (TPSA) is 52.6 Å². The molecule has 1 amide bonds. The number of hydrogen-bond donors (Lipinski definition) is 2. The molecule has 0 radical (unpaired) electrons. The maximum atomic E-state index is 12.1. The fraction of sp³-hybridized carbons (Fsp3) is 0.938. The smallest absolute Gasteiger partial charge is 0.224 e. The molecule has 1 saturated heterocycles. The van der Waals surface area contributed by atoms with Crippen LogP contribution in [0.5, 0.6) is 0 Å². The van der Waals surface area contributed by atoms with Crippen LogP contribution in [0.1, 0.15) is 47.0 Å². The normalized spacial score (nSPS) is 21.6. The maximum absolute atomic E-state index is 12.1. The molecule has 20 heavy (non-hydrogen) atoms. The third-order valence-electron chi connectivity index (χ3n) is 4.34. The maximum Gasteiger partial charge on any atom is 0.224 e. The molecule has 2 atom stereocenters. The first-order valence-corrected chi connectivity index (χ1v) is 8.15. The van der Waals surface area contributed by atoms with Crippen molar-refractivity contribution in [2.75, 3.05) is 26.2 Å². The predicted octanol–water partition coefficient (Wildman–Crippen LogP) is 1.88.